The van der Waals surface area contributed by atoms with Gasteiger partial charge < -0.3 is 15.4 Å². The number of methoxy groups -OCH3 is 1. The van der Waals surface area contributed by atoms with Gasteiger partial charge in [-0.05, 0) is 48.6 Å². The molecule has 5 nitrogen and oxygen atoms in total. The van der Waals surface area contributed by atoms with Crippen LogP contribution in [-0.2, 0) is 6.42 Å². The first-order chi connectivity index (χ1) is 12.7. The van der Waals surface area contributed by atoms with E-state index in [-0.39, 0.29) is 0 Å². The maximum atomic E-state index is 5.54. The summed E-state index contributed by atoms with van der Waals surface area (Å²) in [5, 5.41) is 6.30. The number of aryl methyl sites for hydroxylation is 1. The summed E-state index contributed by atoms with van der Waals surface area (Å²) in [5.74, 6) is 3.11. The van der Waals surface area contributed by atoms with Crippen LogP contribution in [-0.4, -0.2) is 24.1 Å². The predicted octanol–water partition coefficient (Wildman–Crippen LogP) is 5.42. The van der Waals surface area contributed by atoms with Crippen LogP contribution in [0.15, 0.2) is 30.5 Å². The normalized spacial score (nSPS) is 11.8. The van der Waals surface area contributed by atoms with E-state index in [1.165, 1.54) is 37.7 Å². The second-order valence-corrected chi connectivity index (χ2v) is 6.81. The van der Waals surface area contributed by atoms with Crippen molar-refractivity contribution in [1.29, 1.82) is 0 Å². The van der Waals surface area contributed by atoms with Gasteiger partial charge in [0.05, 0.1) is 7.11 Å². The van der Waals surface area contributed by atoms with Gasteiger partial charge in [0.25, 0.3) is 0 Å². The molecule has 0 aliphatic carbocycles. The Balaban J connectivity index is 2.00. The average molecular weight is 357 g/mol. The van der Waals surface area contributed by atoms with Crippen molar-refractivity contribution >= 4 is 17.5 Å². The minimum absolute atomic E-state index is 0.584. The Kier molecular flexibility index (Phi) is 8.19. The molecular formula is C21H32N4O. The highest BCUT2D eigenvalue weighted by Crippen LogP contribution is 2.27. The first-order valence-electron chi connectivity index (χ1n) is 9.61. The molecule has 142 valence electrons. The van der Waals surface area contributed by atoms with Gasteiger partial charge in [0.2, 0.25) is 5.95 Å². The Hall–Kier alpha value is -2.30. The van der Waals surface area contributed by atoms with E-state index >= 15 is 0 Å². The highest BCUT2D eigenvalue weighted by molar-refractivity contribution is 5.58. The highest BCUT2D eigenvalue weighted by atomic mass is 16.5. The molecule has 1 atom stereocenters. The van der Waals surface area contributed by atoms with Crippen LogP contribution in [0.25, 0.3) is 0 Å². The van der Waals surface area contributed by atoms with Gasteiger partial charge in [0, 0.05) is 18.9 Å². The minimum atomic E-state index is 0.584. The van der Waals surface area contributed by atoms with Crippen molar-refractivity contribution in [2.75, 3.05) is 24.8 Å². The van der Waals surface area contributed by atoms with Crippen LogP contribution in [0.5, 0.6) is 5.75 Å². The van der Waals surface area contributed by atoms with E-state index in [0.29, 0.717) is 5.95 Å². The second-order valence-electron chi connectivity index (χ2n) is 6.81. The zero-order valence-corrected chi connectivity index (χ0v) is 16.5. The van der Waals surface area contributed by atoms with Crippen molar-refractivity contribution in [2.45, 2.75) is 52.4 Å². The molecule has 5 heteroatoms. The van der Waals surface area contributed by atoms with Crippen molar-refractivity contribution in [1.82, 2.24) is 9.97 Å². The van der Waals surface area contributed by atoms with Crippen molar-refractivity contribution in [2.24, 2.45) is 5.92 Å². The molecule has 26 heavy (non-hydrogen) atoms. The fraction of sp³-hybridized carbons (Fsp3) is 0.524. The molecule has 0 bridgehead atoms. The summed E-state index contributed by atoms with van der Waals surface area (Å²) in [6, 6.07) is 8.00. The molecule has 2 aromatic rings. The number of unbranched alkanes of at least 4 members (excludes halogenated alkanes) is 1. The van der Waals surface area contributed by atoms with Gasteiger partial charge in [0.1, 0.15) is 11.6 Å². The van der Waals surface area contributed by atoms with Gasteiger partial charge in [-0.25, -0.2) is 4.98 Å². The molecule has 0 amide bonds. The number of benzene rings is 1. The van der Waals surface area contributed by atoms with E-state index in [9.17, 15) is 0 Å². The monoisotopic (exact) mass is 356 g/mol. The van der Waals surface area contributed by atoms with Crippen LogP contribution in [0.2, 0.25) is 0 Å². The molecule has 1 aromatic heterocycles. The van der Waals surface area contributed by atoms with Crippen molar-refractivity contribution in [3.05, 3.63) is 36.0 Å². The van der Waals surface area contributed by atoms with Crippen LogP contribution < -0.4 is 15.4 Å². The molecule has 2 N–H and O–H groups in total. The maximum Gasteiger partial charge on any atom is 0.229 e. The van der Waals surface area contributed by atoms with E-state index in [1.54, 1.807) is 13.3 Å². The minimum Gasteiger partial charge on any atom is -0.496 e. The van der Waals surface area contributed by atoms with Gasteiger partial charge in [-0.15, -0.1) is 0 Å². The zero-order chi connectivity index (χ0) is 18.8. The summed E-state index contributed by atoms with van der Waals surface area (Å²) < 4.78 is 5.54. The van der Waals surface area contributed by atoms with Gasteiger partial charge in [-0.1, -0.05) is 39.5 Å². The van der Waals surface area contributed by atoms with Gasteiger partial charge in [0.15, 0.2) is 0 Å². The first kappa shape index (κ1) is 20.0. The number of rotatable bonds is 11. The standard InChI is InChI=1S/C21H32N4O/c1-5-6-8-16(2)9-7-10-17-15-18(11-12-19(17)26-4)24-21-23-14-13-20(22-3)25-21/h11-16H,5-10H2,1-4H3,(H2,22,23,24,25)/t16-/m0/s1. The number of nitrogens with one attached hydrogen (secondary N) is 2. The maximum absolute atomic E-state index is 5.54. The highest BCUT2D eigenvalue weighted by Gasteiger charge is 2.08. The summed E-state index contributed by atoms with van der Waals surface area (Å²) in [5.41, 5.74) is 2.21. The van der Waals surface area contributed by atoms with E-state index in [0.717, 1.165) is 29.6 Å². The lowest BCUT2D eigenvalue weighted by Gasteiger charge is -2.14. The number of hydrogen-bond donors (Lipinski definition) is 2. The van der Waals surface area contributed by atoms with E-state index < -0.39 is 0 Å². The summed E-state index contributed by atoms with van der Waals surface area (Å²) in [4.78, 5) is 8.68. The molecule has 1 aromatic carbocycles. The van der Waals surface area contributed by atoms with Crippen LogP contribution in [0.3, 0.4) is 0 Å². The Morgan fingerprint density at radius 1 is 1.15 bits per heavy atom. The lowest BCUT2D eigenvalue weighted by atomic mass is 9.96. The topological polar surface area (TPSA) is 59.1 Å². The third kappa shape index (κ3) is 6.21. The Morgan fingerprint density at radius 3 is 2.69 bits per heavy atom. The summed E-state index contributed by atoms with van der Waals surface area (Å²) in [6.07, 6.45) is 9.13. The quantitative estimate of drug-likeness (QED) is 0.563. The van der Waals surface area contributed by atoms with E-state index in [1.807, 2.05) is 25.2 Å². The van der Waals surface area contributed by atoms with Crippen LogP contribution >= 0.6 is 0 Å². The zero-order valence-electron chi connectivity index (χ0n) is 16.5. The summed E-state index contributed by atoms with van der Waals surface area (Å²) >= 11 is 0. The molecule has 0 saturated carbocycles. The van der Waals surface area contributed by atoms with Crippen LogP contribution in [0, 0.1) is 5.92 Å². The van der Waals surface area contributed by atoms with Crippen LogP contribution in [0.1, 0.15) is 51.5 Å². The molecule has 0 aliphatic heterocycles. The smallest absolute Gasteiger partial charge is 0.229 e. The third-order valence-electron chi connectivity index (χ3n) is 4.64. The molecule has 0 saturated heterocycles. The Morgan fingerprint density at radius 2 is 1.96 bits per heavy atom. The van der Waals surface area contributed by atoms with Crippen molar-refractivity contribution < 1.29 is 4.74 Å². The molecule has 0 unspecified atom stereocenters. The summed E-state index contributed by atoms with van der Waals surface area (Å²) in [6.45, 7) is 4.61. The summed E-state index contributed by atoms with van der Waals surface area (Å²) in [7, 11) is 3.58. The van der Waals surface area contributed by atoms with Crippen molar-refractivity contribution in [3.63, 3.8) is 0 Å². The number of anilines is 3. The second kappa shape index (κ2) is 10.6. The van der Waals surface area contributed by atoms with E-state index in [4.69, 9.17) is 4.74 Å². The average Bonchev–Trinajstić information content (AvgIpc) is 2.66. The number of nitrogens with zero attached hydrogens (tertiary/aromatic N) is 2. The molecule has 0 aliphatic rings. The first-order valence-corrected chi connectivity index (χ1v) is 9.61. The Bertz CT molecular complexity index is 675. The SMILES string of the molecule is CCCC[C@H](C)CCCc1cc(Nc2nccc(NC)n2)ccc1OC. The third-order valence-corrected chi connectivity index (χ3v) is 4.64. The number of aromatic nitrogens is 2. The lowest BCUT2D eigenvalue weighted by molar-refractivity contribution is 0.406. The molecular weight excluding hydrogens is 324 g/mol. The van der Waals surface area contributed by atoms with Gasteiger partial charge in [-0.3, -0.25) is 0 Å². The van der Waals surface area contributed by atoms with Crippen molar-refractivity contribution in [3.8, 4) is 5.75 Å². The molecule has 0 fully saturated rings. The van der Waals surface area contributed by atoms with Gasteiger partial charge >= 0.3 is 0 Å². The van der Waals surface area contributed by atoms with Gasteiger partial charge in [-0.2, -0.15) is 4.98 Å². The number of hydrogen-bond acceptors (Lipinski definition) is 5. The fourth-order valence-corrected chi connectivity index (χ4v) is 3.08. The fourth-order valence-electron chi connectivity index (χ4n) is 3.08. The Labute approximate surface area is 157 Å². The molecule has 0 radical (unpaired) electrons. The molecule has 0 spiro atoms. The van der Waals surface area contributed by atoms with E-state index in [2.05, 4.69) is 40.5 Å². The number of ether oxygens (including phenoxy) is 1. The molecule has 2 rings (SSSR count). The largest absolute Gasteiger partial charge is 0.496 e. The predicted molar refractivity (Wildman–Crippen MR) is 109 cm³/mol. The molecule has 1 heterocycles. The van der Waals surface area contributed by atoms with Crippen LogP contribution in [0.4, 0.5) is 17.5 Å². The lowest BCUT2D eigenvalue weighted by Crippen LogP contribution is -2.02.